The van der Waals surface area contributed by atoms with Crippen molar-refractivity contribution in [2.45, 2.75) is 6.92 Å². The van der Waals surface area contributed by atoms with Gasteiger partial charge in [0.15, 0.2) is 5.65 Å². The van der Waals surface area contributed by atoms with E-state index in [9.17, 15) is 4.79 Å². The third kappa shape index (κ3) is 3.29. The highest BCUT2D eigenvalue weighted by molar-refractivity contribution is 5.85. The Balaban J connectivity index is 2.04. The topological polar surface area (TPSA) is 74.8 Å². The lowest BCUT2D eigenvalue weighted by atomic mass is 10.0. The number of fused-ring (bicyclic) bond motifs is 1. The molecule has 27 heavy (non-hydrogen) atoms. The van der Waals surface area contributed by atoms with Crippen LogP contribution >= 0.6 is 0 Å². The third-order valence-electron chi connectivity index (χ3n) is 4.28. The van der Waals surface area contributed by atoms with Crippen molar-refractivity contribution >= 4 is 17.0 Å². The zero-order valence-electron chi connectivity index (χ0n) is 15.4. The lowest BCUT2D eigenvalue weighted by Crippen LogP contribution is -2.11. The van der Waals surface area contributed by atoms with E-state index < -0.39 is 0 Å². The molecule has 0 amide bonds. The van der Waals surface area contributed by atoms with Crippen molar-refractivity contribution in [2.24, 2.45) is 0 Å². The van der Waals surface area contributed by atoms with Crippen LogP contribution in [0.3, 0.4) is 0 Å². The van der Waals surface area contributed by atoms with E-state index in [-0.39, 0.29) is 5.56 Å². The molecule has 0 unspecified atom stereocenters. The van der Waals surface area contributed by atoms with Gasteiger partial charge >= 0.3 is 0 Å². The van der Waals surface area contributed by atoms with Crippen molar-refractivity contribution in [1.29, 1.82) is 0 Å². The zero-order chi connectivity index (χ0) is 19.0. The number of nitrogens with zero attached hydrogens (tertiary/aromatic N) is 4. The van der Waals surface area contributed by atoms with Crippen molar-refractivity contribution in [3.63, 3.8) is 0 Å². The fourth-order valence-corrected chi connectivity index (χ4v) is 2.98. The van der Waals surface area contributed by atoms with Crippen LogP contribution in [-0.2, 0) is 0 Å². The van der Waals surface area contributed by atoms with Crippen molar-refractivity contribution < 1.29 is 0 Å². The Hall–Kier alpha value is -3.54. The third-order valence-corrected chi connectivity index (χ3v) is 4.28. The number of rotatable bonds is 3. The second-order valence-corrected chi connectivity index (χ2v) is 6.59. The first-order valence-electron chi connectivity index (χ1n) is 8.64. The van der Waals surface area contributed by atoms with E-state index in [1.807, 2.05) is 68.4 Å². The first-order valence-corrected chi connectivity index (χ1v) is 8.64. The molecule has 1 N–H and O–H groups in total. The van der Waals surface area contributed by atoms with Gasteiger partial charge in [0.05, 0.1) is 11.4 Å². The van der Waals surface area contributed by atoms with E-state index in [1.54, 1.807) is 6.07 Å². The number of hydrogen-bond acceptors (Lipinski definition) is 5. The number of anilines is 1. The van der Waals surface area contributed by atoms with Gasteiger partial charge in [-0.3, -0.25) is 4.79 Å². The van der Waals surface area contributed by atoms with Gasteiger partial charge in [-0.1, -0.05) is 30.3 Å². The normalized spacial score (nSPS) is 10.9. The van der Waals surface area contributed by atoms with Gasteiger partial charge in [0.1, 0.15) is 11.3 Å². The summed E-state index contributed by atoms with van der Waals surface area (Å²) in [5.74, 6) is 0.854. The van der Waals surface area contributed by atoms with Crippen molar-refractivity contribution in [2.75, 3.05) is 19.0 Å². The number of aryl methyl sites for hydroxylation is 1. The molecule has 0 radical (unpaired) electrons. The van der Waals surface area contributed by atoms with Crippen molar-refractivity contribution in [3.05, 3.63) is 70.6 Å². The van der Waals surface area contributed by atoms with Crippen LogP contribution in [-0.4, -0.2) is 34.0 Å². The predicted octanol–water partition coefficient (Wildman–Crippen LogP) is 3.42. The first kappa shape index (κ1) is 16.9. The average molecular weight is 357 g/mol. The summed E-state index contributed by atoms with van der Waals surface area (Å²) in [7, 11) is 3.92. The van der Waals surface area contributed by atoms with Gasteiger partial charge in [-0.2, -0.15) is 0 Å². The monoisotopic (exact) mass is 357 g/mol. The molecule has 0 spiro atoms. The summed E-state index contributed by atoms with van der Waals surface area (Å²) < 4.78 is 0. The molecule has 0 fully saturated rings. The smallest absolute Gasteiger partial charge is 0.249 e. The van der Waals surface area contributed by atoms with Gasteiger partial charge in [-0.15, -0.1) is 0 Å². The molecule has 0 aliphatic rings. The Bertz CT molecular complexity index is 1180. The van der Waals surface area contributed by atoms with Crippen LogP contribution in [0.5, 0.6) is 0 Å². The summed E-state index contributed by atoms with van der Waals surface area (Å²) in [4.78, 5) is 30.6. The number of aromatic amines is 1. The maximum Gasteiger partial charge on any atom is 0.249 e. The number of hydrogen-bond donors (Lipinski definition) is 1. The average Bonchev–Trinajstić information content (AvgIpc) is 2.67. The highest BCUT2D eigenvalue weighted by Crippen LogP contribution is 2.32. The van der Waals surface area contributed by atoms with Crippen LogP contribution in [0.15, 0.2) is 59.4 Å². The van der Waals surface area contributed by atoms with Crippen LogP contribution in [0, 0.1) is 6.92 Å². The Morgan fingerprint density at radius 1 is 0.852 bits per heavy atom. The lowest BCUT2D eigenvalue weighted by molar-refractivity contribution is 1.04. The van der Waals surface area contributed by atoms with Gasteiger partial charge in [0.2, 0.25) is 5.56 Å². The van der Waals surface area contributed by atoms with Gasteiger partial charge in [0, 0.05) is 37.0 Å². The zero-order valence-corrected chi connectivity index (χ0v) is 15.4. The maximum atomic E-state index is 11.7. The largest absolute Gasteiger partial charge is 0.363 e. The number of H-pyrrole nitrogens is 1. The molecule has 0 atom stereocenters. The molecule has 4 aromatic rings. The minimum absolute atomic E-state index is 0.196. The van der Waals surface area contributed by atoms with Crippen LogP contribution in [0.1, 0.15) is 5.69 Å². The Kier molecular flexibility index (Phi) is 4.16. The lowest BCUT2D eigenvalue weighted by Gasteiger charge is -2.15. The summed E-state index contributed by atoms with van der Waals surface area (Å²) in [6, 6.07) is 17.0. The van der Waals surface area contributed by atoms with E-state index in [1.165, 1.54) is 6.07 Å². The van der Waals surface area contributed by atoms with Crippen molar-refractivity contribution in [3.8, 4) is 22.5 Å². The molecule has 0 aliphatic heterocycles. The molecule has 6 heteroatoms. The second-order valence-electron chi connectivity index (χ2n) is 6.59. The number of nitrogens with one attached hydrogen (secondary N) is 1. The highest BCUT2D eigenvalue weighted by atomic mass is 16.1. The standard InChI is InChI=1S/C21H19N5O/c1-13-11-15(12-17(22-13)26(2)3)20-19(14-7-5-4-6-8-14)25-21-16(23-20)9-10-18(27)24-21/h4-12H,1-3H3,(H,24,25,27). The molecule has 134 valence electrons. The SMILES string of the molecule is Cc1cc(-c2nc3ccc(=O)[nH]c3nc2-c2ccccc2)cc(N(C)C)n1. The fraction of sp³-hybridized carbons (Fsp3) is 0.143. The molecule has 1 aromatic carbocycles. The quantitative estimate of drug-likeness (QED) is 0.608. The number of benzene rings is 1. The van der Waals surface area contributed by atoms with Gasteiger partial charge < -0.3 is 9.88 Å². The Labute approximate surface area is 156 Å². The van der Waals surface area contributed by atoms with E-state index in [0.29, 0.717) is 11.2 Å². The minimum atomic E-state index is -0.196. The summed E-state index contributed by atoms with van der Waals surface area (Å²) in [5, 5.41) is 0. The van der Waals surface area contributed by atoms with Gasteiger partial charge in [-0.05, 0) is 25.1 Å². The fourth-order valence-electron chi connectivity index (χ4n) is 2.98. The molecular weight excluding hydrogens is 338 g/mol. The molecule has 0 bridgehead atoms. The van der Waals surface area contributed by atoms with E-state index in [2.05, 4.69) is 9.97 Å². The molecule has 3 aromatic heterocycles. The maximum absolute atomic E-state index is 11.7. The molecule has 6 nitrogen and oxygen atoms in total. The molecular formula is C21H19N5O. The molecule has 4 rings (SSSR count). The predicted molar refractivity (Wildman–Crippen MR) is 108 cm³/mol. The van der Waals surface area contributed by atoms with E-state index >= 15 is 0 Å². The Morgan fingerprint density at radius 2 is 1.59 bits per heavy atom. The summed E-state index contributed by atoms with van der Waals surface area (Å²) in [6.45, 7) is 1.96. The van der Waals surface area contributed by atoms with E-state index in [4.69, 9.17) is 9.97 Å². The summed E-state index contributed by atoms with van der Waals surface area (Å²) in [6.07, 6.45) is 0. The number of aromatic nitrogens is 4. The van der Waals surface area contributed by atoms with Crippen LogP contribution < -0.4 is 10.5 Å². The van der Waals surface area contributed by atoms with Gasteiger partial charge in [0.25, 0.3) is 0 Å². The molecule has 0 aliphatic carbocycles. The summed E-state index contributed by atoms with van der Waals surface area (Å²) in [5.41, 5.74) is 5.18. The second kappa shape index (κ2) is 6.64. The van der Waals surface area contributed by atoms with Crippen LogP contribution in [0.4, 0.5) is 5.82 Å². The van der Waals surface area contributed by atoms with Crippen LogP contribution in [0.2, 0.25) is 0 Å². The van der Waals surface area contributed by atoms with Crippen molar-refractivity contribution in [1.82, 2.24) is 19.9 Å². The first-order chi connectivity index (χ1) is 13.0. The molecule has 3 heterocycles. The van der Waals surface area contributed by atoms with E-state index in [0.717, 1.165) is 34.0 Å². The summed E-state index contributed by atoms with van der Waals surface area (Å²) >= 11 is 0. The highest BCUT2D eigenvalue weighted by Gasteiger charge is 2.15. The minimum Gasteiger partial charge on any atom is -0.363 e. The number of pyridine rings is 2. The Morgan fingerprint density at radius 3 is 2.33 bits per heavy atom. The molecule has 0 saturated heterocycles. The molecule has 0 saturated carbocycles. The van der Waals surface area contributed by atoms with Crippen LogP contribution in [0.25, 0.3) is 33.7 Å². The van der Waals surface area contributed by atoms with Gasteiger partial charge in [-0.25, -0.2) is 15.0 Å².